The smallest absolute Gasteiger partial charge is 0.253 e. The quantitative estimate of drug-likeness (QED) is 0.137. The van der Waals surface area contributed by atoms with Crippen LogP contribution in [0.15, 0.2) is 54.9 Å². The lowest BCUT2D eigenvalue weighted by Crippen LogP contribution is -2.59. The van der Waals surface area contributed by atoms with Gasteiger partial charge in [0.15, 0.2) is 15.9 Å². The van der Waals surface area contributed by atoms with Gasteiger partial charge in [-0.2, -0.15) is 0 Å². The molecule has 1 unspecified atom stereocenters. The number of carbonyl (C=O) groups is 3. The van der Waals surface area contributed by atoms with Gasteiger partial charge in [0.1, 0.15) is 12.1 Å². The number of nitrogens with one attached hydrogen (secondary N) is 3. The summed E-state index contributed by atoms with van der Waals surface area (Å²) >= 11 is 0. The molecule has 1 heterocycles. The molecule has 0 aliphatic heterocycles. The van der Waals surface area contributed by atoms with Crippen molar-refractivity contribution >= 4 is 27.6 Å². The zero-order valence-electron chi connectivity index (χ0n) is 28.2. The second kappa shape index (κ2) is 20.8. The number of sulfone groups is 1. The van der Waals surface area contributed by atoms with Gasteiger partial charge in [0.2, 0.25) is 5.91 Å². The topological polar surface area (TPSA) is 173 Å². The third-order valence-corrected chi connectivity index (χ3v) is 9.84. The number of hydrogen-bond acceptors (Lipinski definition) is 9. The minimum absolute atomic E-state index is 0.00237. The van der Waals surface area contributed by atoms with Crippen LogP contribution in [-0.4, -0.2) is 98.4 Å². The van der Waals surface area contributed by atoms with E-state index in [1.807, 2.05) is 33.8 Å². The number of carbonyl (C=O) groups excluding carboxylic acids is 3. The molecule has 0 aliphatic rings. The highest BCUT2D eigenvalue weighted by molar-refractivity contribution is 7.92. The van der Waals surface area contributed by atoms with Crippen LogP contribution in [0.1, 0.15) is 69.3 Å². The summed E-state index contributed by atoms with van der Waals surface area (Å²) in [6.07, 6.45) is 2.06. The van der Waals surface area contributed by atoms with Gasteiger partial charge in [-0.15, -0.1) is 0 Å². The highest BCUT2D eigenvalue weighted by atomic mass is 32.2. The first kappa shape index (κ1) is 39.8. The van der Waals surface area contributed by atoms with E-state index in [0.29, 0.717) is 32.2 Å². The van der Waals surface area contributed by atoms with Crippen molar-refractivity contribution in [3.05, 3.63) is 66.0 Å². The van der Waals surface area contributed by atoms with Crippen molar-refractivity contribution < 1.29 is 37.4 Å². The fourth-order valence-electron chi connectivity index (χ4n) is 5.05. The van der Waals surface area contributed by atoms with Crippen LogP contribution in [-0.2, 0) is 35.3 Å². The largest absolute Gasteiger partial charge is 0.388 e. The third kappa shape index (κ3) is 13.7. The van der Waals surface area contributed by atoms with Crippen molar-refractivity contribution in [3.8, 4) is 0 Å². The van der Waals surface area contributed by atoms with E-state index in [4.69, 9.17) is 9.47 Å². The first-order valence-electron chi connectivity index (χ1n) is 16.3. The van der Waals surface area contributed by atoms with E-state index in [1.54, 1.807) is 30.3 Å². The zero-order valence-corrected chi connectivity index (χ0v) is 29.0. The summed E-state index contributed by atoms with van der Waals surface area (Å²) in [5, 5.41) is 19.1. The van der Waals surface area contributed by atoms with E-state index in [9.17, 15) is 27.9 Å². The van der Waals surface area contributed by atoms with E-state index < -0.39 is 62.9 Å². The molecule has 0 aliphatic carbocycles. The van der Waals surface area contributed by atoms with Crippen molar-refractivity contribution in [2.45, 2.75) is 89.3 Å². The van der Waals surface area contributed by atoms with Gasteiger partial charge in [-0.25, -0.2) is 8.42 Å². The molecule has 2 rings (SSSR count). The Labute approximate surface area is 279 Å². The first-order valence-corrected chi connectivity index (χ1v) is 18.0. The summed E-state index contributed by atoms with van der Waals surface area (Å²) in [5.74, 6) is -2.58. The summed E-state index contributed by atoms with van der Waals surface area (Å²) in [5.41, 5.74) is 0.889. The maximum absolute atomic E-state index is 14.0. The fraction of sp³-hybridized carbons (Fsp3) is 0.588. The molecule has 0 bridgehead atoms. The molecule has 0 saturated carbocycles. The van der Waals surface area contributed by atoms with Gasteiger partial charge in [0.25, 0.3) is 11.8 Å². The highest BCUT2D eigenvalue weighted by Crippen LogP contribution is 2.18. The standard InChI is InChI=1S/C34H52N4O8S/c1-6-12-27(13-7-2)47(43,44)23-29(38-32(40)26-16-11-17-35-22-26)33(41)37-28(20-25-14-9-8-10-15-25)30(39)31(46-19-18-45-5)34(42)36-21-24(3)4/h8-11,14-17,22,24,27-31,39H,6-7,12-13,18-21,23H2,1-5H3,(H,36,42)(H,37,41)(H,38,40)/t28-,29?,30+,31+/m0/s1. The van der Waals surface area contributed by atoms with Gasteiger partial charge >= 0.3 is 0 Å². The van der Waals surface area contributed by atoms with E-state index in [0.717, 1.165) is 5.56 Å². The number of aliphatic hydroxyl groups excluding tert-OH is 1. The van der Waals surface area contributed by atoms with E-state index in [1.165, 1.54) is 25.6 Å². The van der Waals surface area contributed by atoms with Gasteiger partial charge in [-0.05, 0) is 42.9 Å². The van der Waals surface area contributed by atoms with E-state index in [-0.39, 0.29) is 31.1 Å². The average molecular weight is 677 g/mol. The summed E-state index contributed by atoms with van der Waals surface area (Å²) in [7, 11) is -2.37. The molecule has 0 spiro atoms. The predicted molar refractivity (Wildman–Crippen MR) is 180 cm³/mol. The lowest BCUT2D eigenvalue weighted by atomic mass is 9.96. The summed E-state index contributed by atoms with van der Waals surface area (Å²) in [6.45, 7) is 8.13. The molecular formula is C34H52N4O8S. The Hall–Kier alpha value is -3.39. The van der Waals surface area contributed by atoms with Crippen molar-refractivity contribution in [1.29, 1.82) is 0 Å². The molecular weight excluding hydrogens is 624 g/mol. The van der Waals surface area contributed by atoms with E-state index in [2.05, 4.69) is 20.9 Å². The van der Waals surface area contributed by atoms with Gasteiger partial charge < -0.3 is 30.5 Å². The van der Waals surface area contributed by atoms with Crippen molar-refractivity contribution in [2.75, 3.05) is 32.6 Å². The molecule has 4 atom stereocenters. The number of pyridine rings is 1. The fourth-order valence-corrected chi connectivity index (χ4v) is 7.21. The third-order valence-electron chi connectivity index (χ3n) is 7.55. The van der Waals surface area contributed by atoms with Crippen LogP contribution in [0, 0.1) is 5.92 Å². The molecule has 3 amide bonds. The van der Waals surface area contributed by atoms with Crippen molar-refractivity contribution in [2.24, 2.45) is 5.92 Å². The van der Waals surface area contributed by atoms with Gasteiger partial charge in [-0.1, -0.05) is 70.9 Å². The molecule has 0 radical (unpaired) electrons. The number of aliphatic hydroxyl groups is 1. The predicted octanol–water partition coefficient (Wildman–Crippen LogP) is 2.46. The number of aromatic nitrogens is 1. The molecule has 1 aromatic heterocycles. The van der Waals surface area contributed by atoms with Gasteiger partial charge in [0.05, 0.1) is 35.8 Å². The van der Waals surface area contributed by atoms with Crippen LogP contribution >= 0.6 is 0 Å². The number of nitrogens with zero attached hydrogens (tertiary/aromatic N) is 1. The van der Waals surface area contributed by atoms with Crippen LogP contribution in [0.25, 0.3) is 0 Å². The van der Waals surface area contributed by atoms with Gasteiger partial charge in [0, 0.05) is 26.0 Å². The van der Waals surface area contributed by atoms with Crippen LogP contribution < -0.4 is 16.0 Å². The average Bonchev–Trinajstić information content (AvgIpc) is 3.05. The molecule has 4 N–H and O–H groups in total. The molecule has 1 aromatic carbocycles. The summed E-state index contributed by atoms with van der Waals surface area (Å²) in [6, 6.07) is 9.47. The lowest BCUT2D eigenvalue weighted by molar-refractivity contribution is -0.145. The van der Waals surface area contributed by atoms with E-state index >= 15 is 0 Å². The van der Waals surface area contributed by atoms with Crippen LogP contribution in [0.5, 0.6) is 0 Å². The Morgan fingerprint density at radius 2 is 1.62 bits per heavy atom. The Balaban J connectivity index is 2.49. The maximum atomic E-state index is 14.0. The number of ether oxygens (including phenoxy) is 2. The Bertz CT molecular complexity index is 1320. The Morgan fingerprint density at radius 1 is 0.936 bits per heavy atom. The molecule has 262 valence electrons. The Kier molecular flexibility index (Phi) is 17.6. The lowest BCUT2D eigenvalue weighted by Gasteiger charge is -2.31. The van der Waals surface area contributed by atoms with Gasteiger partial charge in [-0.3, -0.25) is 19.4 Å². The summed E-state index contributed by atoms with van der Waals surface area (Å²) < 4.78 is 38.1. The molecule has 47 heavy (non-hydrogen) atoms. The molecule has 2 aromatic rings. The maximum Gasteiger partial charge on any atom is 0.253 e. The zero-order chi connectivity index (χ0) is 34.8. The number of benzene rings is 1. The molecule has 0 saturated heterocycles. The Morgan fingerprint density at radius 3 is 2.19 bits per heavy atom. The number of rotatable bonds is 22. The number of methoxy groups -OCH3 is 1. The second-order valence-electron chi connectivity index (χ2n) is 12.0. The van der Waals surface area contributed by atoms with Crippen molar-refractivity contribution in [1.82, 2.24) is 20.9 Å². The highest BCUT2D eigenvalue weighted by Gasteiger charge is 2.38. The molecule has 12 nitrogen and oxygen atoms in total. The number of hydrogen-bond donors (Lipinski definition) is 4. The minimum atomic E-state index is -3.85. The number of amides is 3. The van der Waals surface area contributed by atoms with Crippen molar-refractivity contribution in [3.63, 3.8) is 0 Å². The monoisotopic (exact) mass is 676 g/mol. The minimum Gasteiger partial charge on any atom is -0.388 e. The normalized spacial score (nSPS) is 14.3. The first-order chi connectivity index (χ1) is 22.4. The summed E-state index contributed by atoms with van der Waals surface area (Å²) in [4.78, 5) is 44.4. The second-order valence-corrected chi connectivity index (χ2v) is 14.3. The van der Waals surface area contributed by atoms with Crippen LogP contribution in [0.3, 0.4) is 0 Å². The van der Waals surface area contributed by atoms with Crippen LogP contribution in [0.2, 0.25) is 0 Å². The van der Waals surface area contributed by atoms with Crippen LogP contribution in [0.4, 0.5) is 0 Å². The SMILES string of the molecule is CCCC(CCC)S(=O)(=O)CC(NC(=O)c1cccnc1)C(=O)N[C@@H](Cc1ccccc1)[C@@H](O)[C@@H](OCCOC)C(=O)NCC(C)C. The molecule has 0 fully saturated rings. The molecule has 13 heteroatoms.